The standard InChI is InChI=1S/C7H7N3.C2H6/c8-6-2-1-5-4-9-10-7(5)3-6;1-2/h1-4H,8H2,(H,9,10);1-2H3. The molecule has 2 aromatic rings. The smallest absolute Gasteiger partial charge is 0.0670 e. The molecular formula is C9H13N3. The minimum atomic E-state index is 0.761. The summed E-state index contributed by atoms with van der Waals surface area (Å²) in [6.45, 7) is 4.00. The lowest BCUT2D eigenvalue weighted by Gasteiger charge is -1.89. The van der Waals surface area contributed by atoms with Gasteiger partial charge in [0.15, 0.2) is 0 Å². The Morgan fingerprint density at radius 3 is 2.83 bits per heavy atom. The molecule has 12 heavy (non-hydrogen) atoms. The number of nitrogen functional groups attached to an aromatic ring is 1. The first-order valence-electron chi connectivity index (χ1n) is 4.05. The molecule has 3 N–H and O–H groups in total. The Hall–Kier alpha value is -1.51. The maximum Gasteiger partial charge on any atom is 0.0670 e. The molecule has 0 aliphatic carbocycles. The normalized spacial score (nSPS) is 9.17. The van der Waals surface area contributed by atoms with Crippen LogP contribution in [0.15, 0.2) is 24.4 Å². The molecule has 0 saturated heterocycles. The minimum absolute atomic E-state index is 0.761. The van der Waals surface area contributed by atoms with Gasteiger partial charge in [-0.25, -0.2) is 0 Å². The van der Waals surface area contributed by atoms with Gasteiger partial charge >= 0.3 is 0 Å². The van der Waals surface area contributed by atoms with Crippen molar-refractivity contribution in [3.8, 4) is 0 Å². The third-order valence-electron chi connectivity index (χ3n) is 1.47. The lowest BCUT2D eigenvalue weighted by molar-refractivity contribution is 1.12. The molecule has 3 nitrogen and oxygen atoms in total. The van der Waals surface area contributed by atoms with Crippen LogP contribution >= 0.6 is 0 Å². The SMILES string of the molecule is CC.Nc1ccc2cn[nH]c2c1. The van der Waals surface area contributed by atoms with Gasteiger partial charge in [-0.2, -0.15) is 5.10 Å². The number of hydrogen-bond donors (Lipinski definition) is 2. The van der Waals surface area contributed by atoms with Crippen molar-refractivity contribution >= 4 is 16.6 Å². The number of aromatic nitrogens is 2. The summed E-state index contributed by atoms with van der Waals surface area (Å²) in [5, 5.41) is 7.78. The summed E-state index contributed by atoms with van der Waals surface area (Å²) in [7, 11) is 0. The van der Waals surface area contributed by atoms with E-state index in [1.807, 2.05) is 32.0 Å². The Morgan fingerprint density at radius 1 is 1.33 bits per heavy atom. The number of nitrogens with two attached hydrogens (primary N) is 1. The van der Waals surface area contributed by atoms with E-state index in [1.54, 1.807) is 6.20 Å². The van der Waals surface area contributed by atoms with E-state index in [9.17, 15) is 0 Å². The van der Waals surface area contributed by atoms with Crippen LogP contribution in [0.5, 0.6) is 0 Å². The summed E-state index contributed by atoms with van der Waals surface area (Å²) in [5.41, 5.74) is 7.28. The highest BCUT2D eigenvalue weighted by Crippen LogP contribution is 2.12. The molecule has 0 radical (unpaired) electrons. The maximum absolute atomic E-state index is 5.54. The highest BCUT2D eigenvalue weighted by atomic mass is 15.1. The van der Waals surface area contributed by atoms with Gasteiger partial charge in [-0.15, -0.1) is 0 Å². The molecule has 1 aromatic carbocycles. The summed E-state index contributed by atoms with van der Waals surface area (Å²) < 4.78 is 0. The lowest BCUT2D eigenvalue weighted by Crippen LogP contribution is -1.81. The second-order valence-corrected chi connectivity index (χ2v) is 2.22. The van der Waals surface area contributed by atoms with E-state index < -0.39 is 0 Å². The van der Waals surface area contributed by atoms with Crippen LogP contribution in [0.2, 0.25) is 0 Å². The number of aromatic amines is 1. The van der Waals surface area contributed by atoms with E-state index >= 15 is 0 Å². The molecule has 0 fully saturated rings. The molecule has 0 unspecified atom stereocenters. The Kier molecular flexibility index (Phi) is 2.69. The zero-order valence-corrected chi connectivity index (χ0v) is 7.33. The van der Waals surface area contributed by atoms with Crippen molar-refractivity contribution in [1.29, 1.82) is 0 Å². The van der Waals surface area contributed by atoms with Crippen LogP contribution in [0.25, 0.3) is 10.9 Å². The van der Waals surface area contributed by atoms with Crippen LogP contribution in [0.4, 0.5) is 5.69 Å². The summed E-state index contributed by atoms with van der Waals surface area (Å²) in [6.07, 6.45) is 1.77. The Balaban J connectivity index is 0.000000336. The molecule has 3 heteroatoms. The number of anilines is 1. The van der Waals surface area contributed by atoms with Crippen LogP contribution < -0.4 is 5.73 Å². The molecule has 64 valence electrons. The fourth-order valence-electron chi connectivity index (χ4n) is 0.955. The summed E-state index contributed by atoms with van der Waals surface area (Å²) >= 11 is 0. The van der Waals surface area contributed by atoms with Gasteiger partial charge in [0.2, 0.25) is 0 Å². The van der Waals surface area contributed by atoms with Crippen molar-refractivity contribution in [3.63, 3.8) is 0 Å². The van der Waals surface area contributed by atoms with E-state index in [-0.39, 0.29) is 0 Å². The first kappa shape index (κ1) is 8.59. The van der Waals surface area contributed by atoms with Gasteiger partial charge in [0.25, 0.3) is 0 Å². The molecule has 0 aliphatic heterocycles. The summed E-state index contributed by atoms with van der Waals surface area (Å²) in [4.78, 5) is 0. The van der Waals surface area contributed by atoms with Crippen molar-refractivity contribution in [2.75, 3.05) is 5.73 Å². The third kappa shape index (κ3) is 1.56. The van der Waals surface area contributed by atoms with Crippen molar-refractivity contribution < 1.29 is 0 Å². The molecule has 0 saturated carbocycles. The highest BCUT2D eigenvalue weighted by Gasteiger charge is 1.92. The maximum atomic E-state index is 5.54. The first-order chi connectivity index (χ1) is 5.86. The molecule has 0 atom stereocenters. The summed E-state index contributed by atoms with van der Waals surface area (Å²) in [6, 6.07) is 5.66. The molecule has 2 rings (SSSR count). The van der Waals surface area contributed by atoms with Gasteiger partial charge in [0.1, 0.15) is 0 Å². The number of H-pyrrole nitrogens is 1. The zero-order valence-electron chi connectivity index (χ0n) is 7.33. The van der Waals surface area contributed by atoms with E-state index in [0.717, 1.165) is 16.6 Å². The average molecular weight is 163 g/mol. The van der Waals surface area contributed by atoms with Crippen molar-refractivity contribution in [2.24, 2.45) is 0 Å². The quantitative estimate of drug-likeness (QED) is 0.585. The minimum Gasteiger partial charge on any atom is -0.399 e. The molecule has 0 bridgehead atoms. The van der Waals surface area contributed by atoms with Gasteiger partial charge in [-0.3, -0.25) is 5.10 Å². The van der Waals surface area contributed by atoms with Crippen LogP contribution in [-0.4, -0.2) is 10.2 Å². The zero-order chi connectivity index (χ0) is 8.97. The van der Waals surface area contributed by atoms with E-state index in [0.29, 0.717) is 0 Å². The Bertz CT molecular complexity index is 351. The van der Waals surface area contributed by atoms with Crippen LogP contribution in [-0.2, 0) is 0 Å². The van der Waals surface area contributed by atoms with Crippen molar-refractivity contribution in [2.45, 2.75) is 13.8 Å². The van der Waals surface area contributed by atoms with Crippen LogP contribution in [0.3, 0.4) is 0 Å². The molecular weight excluding hydrogens is 150 g/mol. The van der Waals surface area contributed by atoms with E-state index in [4.69, 9.17) is 5.73 Å². The first-order valence-corrected chi connectivity index (χ1v) is 4.05. The van der Waals surface area contributed by atoms with E-state index in [2.05, 4.69) is 10.2 Å². The second kappa shape index (κ2) is 3.76. The molecule has 0 aliphatic rings. The molecule has 1 heterocycles. The van der Waals surface area contributed by atoms with Crippen molar-refractivity contribution in [1.82, 2.24) is 10.2 Å². The predicted molar refractivity (Wildman–Crippen MR) is 51.9 cm³/mol. The fraction of sp³-hybridized carbons (Fsp3) is 0.222. The number of benzene rings is 1. The van der Waals surface area contributed by atoms with Gasteiger partial charge in [-0.05, 0) is 18.2 Å². The number of nitrogens with zero attached hydrogens (tertiary/aromatic N) is 1. The Labute approximate surface area is 71.6 Å². The van der Waals surface area contributed by atoms with Gasteiger partial charge < -0.3 is 5.73 Å². The topological polar surface area (TPSA) is 54.7 Å². The van der Waals surface area contributed by atoms with Crippen LogP contribution in [0.1, 0.15) is 13.8 Å². The third-order valence-corrected chi connectivity index (χ3v) is 1.47. The fourth-order valence-corrected chi connectivity index (χ4v) is 0.955. The molecule has 0 amide bonds. The van der Waals surface area contributed by atoms with Gasteiger partial charge in [0, 0.05) is 11.1 Å². The highest BCUT2D eigenvalue weighted by molar-refractivity contribution is 5.80. The number of nitrogens with one attached hydrogen (secondary N) is 1. The Morgan fingerprint density at radius 2 is 2.08 bits per heavy atom. The van der Waals surface area contributed by atoms with E-state index in [1.165, 1.54) is 0 Å². The number of rotatable bonds is 0. The van der Waals surface area contributed by atoms with Crippen LogP contribution in [0, 0.1) is 0 Å². The molecule has 0 spiro atoms. The lowest BCUT2D eigenvalue weighted by atomic mass is 10.2. The number of hydrogen-bond acceptors (Lipinski definition) is 2. The monoisotopic (exact) mass is 163 g/mol. The predicted octanol–water partition coefficient (Wildman–Crippen LogP) is 2.17. The largest absolute Gasteiger partial charge is 0.399 e. The van der Waals surface area contributed by atoms with Gasteiger partial charge in [-0.1, -0.05) is 13.8 Å². The van der Waals surface area contributed by atoms with Crippen molar-refractivity contribution in [3.05, 3.63) is 24.4 Å². The second-order valence-electron chi connectivity index (χ2n) is 2.22. The summed E-state index contributed by atoms with van der Waals surface area (Å²) in [5.74, 6) is 0. The number of fused-ring (bicyclic) bond motifs is 1. The molecule has 1 aromatic heterocycles. The average Bonchev–Trinajstić information content (AvgIpc) is 2.54. The van der Waals surface area contributed by atoms with Gasteiger partial charge in [0.05, 0.1) is 11.7 Å².